The van der Waals surface area contributed by atoms with Crippen LogP contribution in [0.2, 0.25) is 0 Å². The Bertz CT molecular complexity index is 222. The molecular weight excluding hydrogens is 190 g/mol. The normalized spacial score (nSPS) is 46.2. The molecule has 2 N–H and O–H groups in total. The average Bonchev–Trinajstić information content (AvgIpc) is 2.76. The van der Waals surface area contributed by atoms with Crippen molar-refractivity contribution >= 4 is 0 Å². The van der Waals surface area contributed by atoms with E-state index in [0.29, 0.717) is 18.3 Å². The number of nitrogens with two attached hydrogens (primary N) is 1. The monoisotopic (exact) mass is 213 g/mol. The maximum absolute atomic E-state index is 5.94. The van der Waals surface area contributed by atoms with Crippen LogP contribution in [-0.4, -0.2) is 31.5 Å². The lowest BCUT2D eigenvalue weighted by molar-refractivity contribution is -0.00189. The molecule has 3 nitrogen and oxygen atoms in total. The summed E-state index contributed by atoms with van der Waals surface area (Å²) in [6.45, 7) is 5.89. The Hall–Kier alpha value is -0.120. The molecule has 0 amide bonds. The van der Waals surface area contributed by atoms with Crippen LogP contribution < -0.4 is 5.73 Å². The molecule has 0 radical (unpaired) electrons. The molecule has 15 heavy (non-hydrogen) atoms. The maximum atomic E-state index is 5.94. The predicted octanol–water partition coefficient (Wildman–Crippen LogP) is 1.70. The third-order valence-electron chi connectivity index (χ3n) is 4.19. The van der Waals surface area contributed by atoms with E-state index < -0.39 is 0 Å². The van der Waals surface area contributed by atoms with Gasteiger partial charge < -0.3 is 15.2 Å². The van der Waals surface area contributed by atoms with E-state index in [0.717, 1.165) is 26.0 Å². The average molecular weight is 213 g/mol. The lowest BCUT2D eigenvalue weighted by Crippen LogP contribution is -2.39. The number of rotatable bonds is 3. The van der Waals surface area contributed by atoms with E-state index in [1.54, 1.807) is 0 Å². The summed E-state index contributed by atoms with van der Waals surface area (Å²) in [6, 6.07) is 0. The van der Waals surface area contributed by atoms with Gasteiger partial charge in [-0.25, -0.2) is 0 Å². The summed E-state index contributed by atoms with van der Waals surface area (Å²) in [5.41, 5.74) is 6.11. The third-order valence-corrected chi connectivity index (χ3v) is 4.19. The quantitative estimate of drug-likeness (QED) is 0.776. The van der Waals surface area contributed by atoms with Crippen LogP contribution in [0.4, 0.5) is 0 Å². The van der Waals surface area contributed by atoms with E-state index in [9.17, 15) is 0 Å². The molecule has 2 saturated heterocycles. The molecule has 0 aromatic heterocycles. The zero-order valence-corrected chi connectivity index (χ0v) is 9.87. The first-order valence-corrected chi connectivity index (χ1v) is 6.13. The van der Waals surface area contributed by atoms with Gasteiger partial charge in [-0.05, 0) is 39.5 Å². The molecule has 88 valence electrons. The second-order valence-electron chi connectivity index (χ2n) is 5.18. The fraction of sp³-hybridized carbons (Fsp3) is 1.00. The molecule has 2 heterocycles. The molecule has 2 aliphatic rings. The smallest absolute Gasteiger partial charge is 0.0617 e. The second-order valence-corrected chi connectivity index (χ2v) is 5.18. The molecule has 2 fully saturated rings. The van der Waals surface area contributed by atoms with E-state index in [-0.39, 0.29) is 5.41 Å². The first-order valence-electron chi connectivity index (χ1n) is 6.13. The van der Waals surface area contributed by atoms with E-state index >= 15 is 0 Å². The van der Waals surface area contributed by atoms with Gasteiger partial charge >= 0.3 is 0 Å². The minimum absolute atomic E-state index is 0.175. The Kier molecular flexibility index (Phi) is 3.33. The van der Waals surface area contributed by atoms with Gasteiger partial charge in [0, 0.05) is 18.6 Å². The summed E-state index contributed by atoms with van der Waals surface area (Å²) in [7, 11) is 0. The van der Waals surface area contributed by atoms with Crippen molar-refractivity contribution in [2.75, 3.05) is 13.2 Å². The fourth-order valence-corrected chi connectivity index (χ4v) is 2.93. The summed E-state index contributed by atoms with van der Waals surface area (Å²) in [4.78, 5) is 0. The van der Waals surface area contributed by atoms with Crippen LogP contribution in [-0.2, 0) is 9.47 Å². The minimum atomic E-state index is 0.175. The SMILES string of the molecule is CC1CCC(CC2(CN)CCOC2C)O1. The van der Waals surface area contributed by atoms with Crippen molar-refractivity contribution in [3.63, 3.8) is 0 Å². The zero-order valence-electron chi connectivity index (χ0n) is 9.87. The lowest BCUT2D eigenvalue weighted by Gasteiger charge is -2.33. The molecule has 2 rings (SSSR count). The van der Waals surface area contributed by atoms with Crippen LogP contribution in [0.15, 0.2) is 0 Å². The Labute approximate surface area is 92.3 Å². The van der Waals surface area contributed by atoms with E-state index in [4.69, 9.17) is 15.2 Å². The Morgan fingerprint density at radius 3 is 2.60 bits per heavy atom. The van der Waals surface area contributed by atoms with Crippen molar-refractivity contribution < 1.29 is 9.47 Å². The van der Waals surface area contributed by atoms with E-state index in [1.165, 1.54) is 12.8 Å². The van der Waals surface area contributed by atoms with Crippen LogP contribution in [0.5, 0.6) is 0 Å². The summed E-state index contributed by atoms with van der Waals surface area (Å²) < 4.78 is 11.5. The fourth-order valence-electron chi connectivity index (χ4n) is 2.93. The van der Waals surface area contributed by atoms with Crippen LogP contribution in [0.3, 0.4) is 0 Å². The molecule has 3 heteroatoms. The molecule has 0 bridgehead atoms. The molecule has 2 aliphatic heterocycles. The highest BCUT2D eigenvalue weighted by molar-refractivity contribution is 4.93. The van der Waals surface area contributed by atoms with Crippen molar-refractivity contribution in [3.8, 4) is 0 Å². The van der Waals surface area contributed by atoms with E-state index in [1.807, 2.05) is 0 Å². The molecule has 0 aromatic carbocycles. The van der Waals surface area contributed by atoms with Gasteiger partial charge in [0.25, 0.3) is 0 Å². The first-order chi connectivity index (χ1) is 7.16. The van der Waals surface area contributed by atoms with Gasteiger partial charge in [0.05, 0.1) is 18.3 Å². The van der Waals surface area contributed by atoms with Gasteiger partial charge in [0.2, 0.25) is 0 Å². The van der Waals surface area contributed by atoms with Crippen molar-refractivity contribution in [3.05, 3.63) is 0 Å². The molecule has 0 spiro atoms. The topological polar surface area (TPSA) is 44.5 Å². The molecule has 0 aliphatic carbocycles. The van der Waals surface area contributed by atoms with Gasteiger partial charge in [-0.2, -0.15) is 0 Å². The van der Waals surface area contributed by atoms with Gasteiger partial charge in [-0.15, -0.1) is 0 Å². The van der Waals surface area contributed by atoms with Gasteiger partial charge in [-0.3, -0.25) is 0 Å². The van der Waals surface area contributed by atoms with Crippen molar-refractivity contribution in [1.29, 1.82) is 0 Å². The summed E-state index contributed by atoms with van der Waals surface area (Å²) >= 11 is 0. The minimum Gasteiger partial charge on any atom is -0.378 e. The standard InChI is InChI=1S/C12H23NO2/c1-9-3-4-11(15-9)7-12(8-13)5-6-14-10(12)2/h9-11H,3-8,13H2,1-2H3. The highest BCUT2D eigenvalue weighted by atomic mass is 16.5. The third kappa shape index (κ3) is 2.19. The lowest BCUT2D eigenvalue weighted by atomic mass is 9.76. The number of hydrogen-bond donors (Lipinski definition) is 1. The Morgan fingerprint density at radius 1 is 1.33 bits per heavy atom. The number of hydrogen-bond acceptors (Lipinski definition) is 3. The summed E-state index contributed by atoms with van der Waals surface area (Å²) in [5, 5.41) is 0. The van der Waals surface area contributed by atoms with Gasteiger partial charge in [0.15, 0.2) is 0 Å². The Balaban J connectivity index is 1.96. The van der Waals surface area contributed by atoms with Crippen LogP contribution in [0.1, 0.15) is 39.5 Å². The van der Waals surface area contributed by atoms with Gasteiger partial charge in [0.1, 0.15) is 0 Å². The van der Waals surface area contributed by atoms with Crippen LogP contribution in [0.25, 0.3) is 0 Å². The van der Waals surface area contributed by atoms with Crippen LogP contribution in [0, 0.1) is 5.41 Å². The molecular formula is C12H23NO2. The number of ether oxygens (including phenoxy) is 2. The largest absolute Gasteiger partial charge is 0.378 e. The van der Waals surface area contributed by atoms with Gasteiger partial charge in [-0.1, -0.05) is 0 Å². The molecule has 4 unspecified atom stereocenters. The van der Waals surface area contributed by atoms with E-state index in [2.05, 4.69) is 13.8 Å². The van der Waals surface area contributed by atoms with Crippen LogP contribution >= 0.6 is 0 Å². The molecule has 4 atom stereocenters. The highest BCUT2D eigenvalue weighted by Crippen LogP contribution is 2.41. The molecule has 0 saturated carbocycles. The zero-order chi connectivity index (χ0) is 10.9. The van der Waals surface area contributed by atoms with Crippen molar-refractivity contribution in [1.82, 2.24) is 0 Å². The first kappa shape index (κ1) is 11.4. The summed E-state index contributed by atoms with van der Waals surface area (Å²) in [5.74, 6) is 0. The highest BCUT2D eigenvalue weighted by Gasteiger charge is 2.43. The Morgan fingerprint density at radius 2 is 2.13 bits per heavy atom. The van der Waals surface area contributed by atoms with Crippen molar-refractivity contribution in [2.24, 2.45) is 11.1 Å². The van der Waals surface area contributed by atoms with Crippen molar-refractivity contribution in [2.45, 2.75) is 57.8 Å². The maximum Gasteiger partial charge on any atom is 0.0617 e. The predicted molar refractivity (Wildman–Crippen MR) is 59.7 cm³/mol. The summed E-state index contributed by atoms with van der Waals surface area (Å²) in [6.07, 6.45) is 5.70. The molecule has 0 aromatic rings. The second kappa shape index (κ2) is 4.40.